The molecule has 1 saturated carbocycles. The summed E-state index contributed by atoms with van der Waals surface area (Å²) < 4.78 is 50.6. The summed E-state index contributed by atoms with van der Waals surface area (Å²) >= 11 is 0. The van der Waals surface area contributed by atoms with Crippen molar-refractivity contribution >= 4 is 48.7 Å². The summed E-state index contributed by atoms with van der Waals surface area (Å²) in [6.45, 7) is 12.4. The van der Waals surface area contributed by atoms with Crippen LogP contribution in [0.4, 0.5) is 16.6 Å². The summed E-state index contributed by atoms with van der Waals surface area (Å²) in [6, 6.07) is -1.84. The second-order valence-corrected chi connectivity index (χ2v) is 15.6. The highest BCUT2D eigenvalue weighted by molar-refractivity contribution is 7.54. The molecule has 2 saturated heterocycles. The minimum atomic E-state index is -4.29. The predicted molar refractivity (Wildman–Crippen MR) is 180 cm³/mol. The normalized spacial score (nSPS) is 25.5. The fourth-order valence-corrected chi connectivity index (χ4v) is 7.94. The number of ether oxygens (including phenoxy) is 5. The Bertz CT molecular complexity index is 1560. The molecule has 0 bridgehead atoms. The summed E-state index contributed by atoms with van der Waals surface area (Å²) in [6.07, 6.45) is -0.0240. The highest BCUT2D eigenvalue weighted by Crippen LogP contribution is 2.49. The molecule has 2 aliphatic heterocycles. The van der Waals surface area contributed by atoms with Crippen LogP contribution < -0.4 is 21.2 Å². The van der Waals surface area contributed by atoms with Crippen molar-refractivity contribution < 1.29 is 47.2 Å². The fraction of sp³-hybridized carbons (Fsp3) is 0.742. The number of hydrogen-bond acceptors (Lipinski definition) is 15. The van der Waals surface area contributed by atoms with Crippen molar-refractivity contribution in [2.24, 2.45) is 11.8 Å². The monoisotopic (exact) mass is 724 g/mol. The topological polar surface area (TPSA) is 229 Å². The number of esters is 2. The first-order valence-electron chi connectivity index (χ1n) is 17.1. The summed E-state index contributed by atoms with van der Waals surface area (Å²) in [7, 11) is -4.29. The van der Waals surface area contributed by atoms with E-state index in [-0.39, 0.29) is 49.9 Å². The van der Waals surface area contributed by atoms with Gasteiger partial charge in [-0.25, -0.2) is 20.0 Å². The quantitative estimate of drug-likeness (QED) is 0.0980. The minimum Gasteiger partial charge on any atom is -0.465 e. The van der Waals surface area contributed by atoms with Gasteiger partial charge in [-0.15, -0.1) is 0 Å². The van der Waals surface area contributed by atoms with Crippen LogP contribution in [0.25, 0.3) is 11.2 Å². The highest BCUT2D eigenvalue weighted by Gasteiger charge is 2.64. The molecule has 1 aliphatic carbocycles. The van der Waals surface area contributed by atoms with Gasteiger partial charge in [0.15, 0.2) is 34.9 Å². The number of hydrogen-bond donors (Lipinski definition) is 4. The molecule has 2 aromatic heterocycles. The van der Waals surface area contributed by atoms with E-state index >= 15 is 0 Å². The van der Waals surface area contributed by atoms with Gasteiger partial charge in [-0.1, -0.05) is 27.7 Å². The SMILES string of the molecule is CCOC(=O)C(CC(C)C)NP(=O)(NC(CC(C)C)C(=O)OCC)OCC1OC(n2cnc3c(NC4CC4)nc(N)nc32)C2(C)OC(=O)OC12. The molecule has 0 radical (unpaired) electrons. The molecule has 19 heteroatoms. The largest absolute Gasteiger partial charge is 0.509 e. The van der Waals surface area contributed by atoms with E-state index in [4.69, 9.17) is 33.9 Å². The van der Waals surface area contributed by atoms with Crippen molar-refractivity contribution in [2.75, 3.05) is 30.9 Å². The molecule has 5 N–H and O–H groups in total. The molecule has 2 aromatic rings. The summed E-state index contributed by atoms with van der Waals surface area (Å²) in [5, 5.41) is 8.98. The van der Waals surface area contributed by atoms with Gasteiger partial charge in [0, 0.05) is 6.04 Å². The Hall–Kier alpha value is -3.57. The Morgan fingerprint density at radius 3 is 2.20 bits per heavy atom. The number of nitrogens with zero attached hydrogens (tertiary/aromatic N) is 4. The average Bonchev–Trinajstić information content (AvgIpc) is 3.57. The first kappa shape index (κ1) is 37.7. The number of fused-ring (bicyclic) bond motifs is 2. The van der Waals surface area contributed by atoms with Gasteiger partial charge in [0.2, 0.25) is 5.95 Å². The van der Waals surface area contributed by atoms with E-state index in [0.717, 1.165) is 12.8 Å². The second-order valence-electron chi connectivity index (χ2n) is 13.7. The van der Waals surface area contributed by atoms with Crippen LogP contribution in [-0.2, 0) is 42.4 Å². The number of nitrogens with one attached hydrogen (secondary N) is 3. The third-order valence-corrected chi connectivity index (χ3v) is 10.3. The summed E-state index contributed by atoms with van der Waals surface area (Å²) in [5.41, 5.74) is 5.45. The van der Waals surface area contributed by atoms with Crippen LogP contribution >= 0.6 is 7.67 Å². The molecule has 0 aromatic carbocycles. The van der Waals surface area contributed by atoms with Crippen LogP contribution in [0.15, 0.2) is 6.33 Å². The second kappa shape index (κ2) is 15.4. The molecule has 6 unspecified atom stereocenters. The lowest BCUT2D eigenvalue weighted by Crippen LogP contribution is -2.46. The van der Waals surface area contributed by atoms with Crippen LogP contribution in [0, 0.1) is 11.8 Å². The average molecular weight is 725 g/mol. The van der Waals surface area contributed by atoms with E-state index in [2.05, 4.69) is 30.4 Å². The molecule has 3 fully saturated rings. The molecule has 4 heterocycles. The first-order valence-corrected chi connectivity index (χ1v) is 18.7. The van der Waals surface area contributed by atoms with Crippen molar-refractivity contribution in [1.82, 2.24) is 29.7 Å². The van der Waals surface area contributed by atoms with Gasteiger partial charge >= 0.3 is 25.8 Å². The van der Waals surface area contributed by atoms with Crippen LogP contribution in [0.2, 0.25) is 0 Å². The fourth-order valence-electron chi connectivity index (χ4n) is 6.12. The molecular formula is C31H49N8O10P. The Balaban J connectivity index is 1.45. The molecule has 0 spiro atoms. The van der Waals surface area contributed by atoms with Gasteiger partial charge < -0.3 is 39.3 Å². The van der Waals surface area contributed by atoms with Crippen LogP contribution in [0.3, 0.4) is 0 Å². The Morgan fingerprint density at radius 1 is 1.06 bits per heavy atom. The Morgan fingerprint density at radius 2 is 1.66 bits per heavy atom. The number of carbonyl (C=O) groups is 3. The minimum absolute atomic E-state index is 0.000560. The van der Waals surface area contributed by atoms with E-state index in [1.54, 1.807) is 25.3 Å². The van der Waals surface area contributed by atoms with Gasteiger partial charge in [-0.2, -0.15) is 9.97 Å². The number of nitrogen functional groups attached to an aromatic ring is 1. The maximum Gasteiger partial charge on any atom is 0.509 e. The third-order valence-electron chi connectivity index (χ3n) is 8.46. The van der Waals surface area contributed by atoms with E-state index in [0.29, 0.717) is 17.0 Å². The number of carbonyl (C=O) groups excluding carboxylic acids is 3. The van der Waals surface area contributed by atoms with Crippen molar-refractivity contribution in [2.45, 2.75) is 116 Å². The lowest BCUT2D eigenvalue weighted by atomic mass is 9.96. The van der Waals surface area contributed by atoms with Crippen LogP contribution in [0.1, 0.15) is 80.4 Å². The Kier molecular flexibility index (Phi) is 11.6. The third kappa shape index (κ3) is 8.48. The zero-order valence-corrected chi connectivity index (χ0v) is 30.4. The standard InChI is InChI=1S/C31H49N8O10P/c1-8-44-26(40)19(12-16(3)4)37-50(43,38-20(13-17(5)6)27(41)45-9-2)46-14-21-23-31(7,49-30(42)48-23)28(47-21)39-15-33-22-24(34-18-10-11-18)35-29(32)36-25(22)39/h15-21,23,28H,8-14H2,1-7H3,(H2,37,38,43)(H3,32,34,35,36). The lowest BCUT2D eigenvalue weighted by Gasteiger charge is -2.30. The maximum atomic E-state index is 14.8. The summed E-state index contributed by atoms with van der Waals surface area (Å²) in [4.78, 5) is 51.9. The van der Waals surface area contributed by atoms with Crippen LogP contribution in [-0.4, -0.2) is 93.4 Å². The highest BCUT2D eigenvalue weighted by atomic mass is 31.2. The van der Waals surface area contributed by atoms with Gasteiger partial charge in [-0.3, -0.25) is 18.7 Å². The number of aromatic nitrogens is 4. The van der Waals surface area contributed by atoms with Crippen molar-refractivity contribution in [3.63, 3.8) is 0 Å². The number of imidazole rings is 1. The lowest BCUT2D eigenvalue weighted by molar-refractivity contribution is -0.146. The van der Waals surface area contributed by atoms with E-state index in [1.807, 2.05) is 27.7 Å². The van der Waals surface area contributed by atoms with Crippen molar-refractivity contribution in [1.29, 1.82) is 0 Å². The zero-order chi connectivity index (χ0) is 36.4. The summed E-state index contributed by atoms with van der Waals surface area (Å²) in [5.74, 6) is -0.778. The number of anilines is 2. The molecule has 6 atom stereocenters. The van der Waals surface area contributed by atoms with Gasteiger partial charge in [0.1, 0.15) is 18.2 Å². The molecule has 18 nitrogen and oxygen atoms in total. The first-order chi connectivity index (χ1) is 23.7. The molecule has 50 heavy (non-hydrogen) atoms. The molecule has 3 aliphatic rings. The smallest absolute Gasteiger partial charge is 0.465 e. The van der Waals surface area contributed by atoms with Crippen molar-refractivity contribution in [3.05, 3.63) is 6.33 Å². The molecule has 278 valence electrons. The molecular weight excluding hydrogens is 675 g/mol. The molecule has 5 rings (SSSR count). The number of nitrogens with two attached hydrogens (primary N) is 1. The van der Waals surface area contributed by atoms with Gasteiger partial charge in [-0.05, 0) is 58.3 Å². The Labute approximate surface area is 290 Å². The van der Waals surface area contributed by atoms with E-state index in [1.165, 1.54) is 6.33 Å². The maximum absolute atomic E-state index is 14.8. The van der Waals surface area contributed by atoms with Gasteiger partial charge in [0.25, 0.3) is 0 Å². The van der Waals surface area contributed by atoms with Gasteiger partial charge in [0.05, 0.1) is 26.1 Å². The predicted octanol–water partition coefficient (Wildman–Crippen LogP) is 3.43. The van der Waals surface area contributed by atoms with Crippen LogP contribution in [0.5, 0.6) is 0 Å². The molecule has 0 amide bonds. The number of rotatable bonds is 18. The van der Waals surface area contributed by atoms with Crippen molar-refractivity contribution in [3.8, 4) is 0 Å². The van der Waals surface area contributed by atoms with E-state index < -0.39 is 68.5 Å². The zero-order valence-electron chi connectivity index (χ0n) is 29.5. The van der Waals surface area contributed by atoms with E-state index in [9.17, 15) is 18.9 Å².